The van der Waals surface area contributed by atoms with Gasteiger partial charge in [-0.1, -0.05) is 30.3 Å². The summed E-state index contributed by atoms with van der Waals surface area (Å²) in [5.41, 5.74) is 4.46. The minimum atomic E-state index is -0.209. The minimum absolute atomic E-state index is 0.209. The number of para-hydroxylation sites is 1. The summed E-state index contributed by atoms with van der Waals surface area (Å²) in [6.45, 7) is 4.81. The third kappa shape index (κ3) is 4.53. The number of aryl methyl sites for hydroxylation is 2. The SMILES string of the molecule is Cc1cccc(C)c1NC(=S)NCCc1ccc(F)cc1. The van der Waals surface area contributed by atoms with Crippen LogP contribution in [0.25, 0.3) is 0 Å². The molecular formula is C17H19FN2S. The molecule has 21 heavy (non-hydrogen) atoms. The van der Waals surface area contributed by atoms with Crippen molar-refractivity contribution in [1.82, 2.24) is 5.32 Å². The number of nitrogens with one attached hydrogen (secondary N) is 2. The lowest BCUT2D eigenvalue weighted by molar-refractivity contribution is 0.627. The second-order valence-corrected chi connectivity index (χ2v) is 5.43. The Morgan fingerprint density at radius 3 is 2.29 bits per heavy atom. The number of thiocarbonyl (C=S) groups is 1. The van der Waals surface area contributed by atoms with Gasteiger partial charge in [0.1, 0.15) is 5.82 Å². The predicted octanol–water partition coefficient (Wildman–Crippen LogP) is 3.97. The molecule has 0 spiro atoms. The number of rotatable bonds is 4. The zero-order valence-corrected chi connectivity index (χ0v) is 13.1. The normalized spacial score (nSPS) is 10.2. The van der Waals surface area contributed by atoms with E-state index in [-0.39, 0.29) is 5.82 Å². The maximum atomic E-state index is 12.8. The van der Waals surface area contributed by atoms with Crippen molar-refractivity contribution in [3.63, 3.8) is 0 Å². The average Bonchev–Trinajstić information content (AvgIpc) is 2.45. The highest BCUT2D eigenvalue weighted by molar-refractivity contribution is 7.80. The Labute approximate surface area is 130 Å². The fraction of sp³-hybridized carbons (Fsp3) is 0.235. The first-order valence-corrected chi connectivity index (χ1v) is 7.32. The molecule has 0 aromatic heterocycles. The quantitative estimate of drug-likeness (QED) is 0.836. The molecule has 0 radical (unpaired) electrons. The van der Waals surface area contributed by atoms with Crippen LogP contribution in [-0.2, 0) is 6.42 Å². The molecule has 0 unspecified atom stereocenters. The number of halogens is 1. The smallest absolute Gasteiger partial charge is 0.170 e. The molecule has 0 bridgehead atoms. The van der Waals surface area contributed by atoms with E-state index in [1.54, 1.807) is 12.1 Å². The Hall–Kier alpha value is -1.94. The summed E-state index contributed by atoms with van der Waals surface area (Å²) in [6, 6.07) is 12.7. The molecule has 110 valence electrons. The molecule has 0 fully saturated rings. The molecule has 0 aliphatic heterocycles. The van der Waals surface area contributed by atoms with Gasteiger partial charge in [0.2, 0.25) is 0 Å². The van der Waals surface area contributed by atoms with Gasteiger partial charge in [0, 0.05) is 12.2 Å². The first-order valence-electron chi connectivity index (χ1n) is 6.92. The average molecular weight is 302 g/mol. The zero-order chi connectivity index (χ0) is 15.2. The second kappa shape index (κ2) is 7.18. The van der Waals surface area contributed by atoms with Gasteiger partial charge in [-0.3, -0.25) is 0 Å². The van der Waals surface area contributed by atoms with Crippen molar-refractivity contribution in [2.75, 3.05) is 11.9 Å². The molecule has 0 heterocycles. The van der Waals surface area contributed by atoms with E-state index < -0.39 is 0 Å². The number of anilines is 1. The Bertz CT molecular complexity index is 603. The van der Waals surface area contributed by atoms with Gasteiger partial charge in [-0.15, -0.1) is 0 Å². The lowest BCUT2D eigenvalue weighted by atomic mass is 10.1. The van der Waals surface area contributed by atoms with Gasteiger partial charge in [-0.05, 0) is 61.3 Å². The van der Waals surface area contributed by atoms with Crippen molar-refractivity contribution in [2.24, 2.45) is 0 Å². The third-order valence-corrected chi connectivity index (χ3v) is 3.58. The highest BCUT2D eigenvalue weighted by Crippen LogP contribution is 2.19. The van der Waals surface area contributed by atoms with Gasteiger partial charge in [-0.2, -0.15) is 0 Å². The van der Waals surface area contributed by atoms with Crippen molar-refractivity contribution in [3.05, 3.63) is 65.0 Å². The van der Waals surface area contributed by atoms with Gasteiger partial charge in [0.15, 0.2) is 5.11 Å². The van der Waals surface area contributed by atoms with Crippen molar-refractivity contribution < 1.29 is 4.39 Å². The van der Waals surface area contributed by atoms with Crippen LogP contribution in [0.4, 0.5) is 10.1 Å². The Kier molecular flexibility index (Phi) is 5.28. The van der Waals surface area contributed by atoms with Crippen LogP contribution in [0.3, 0.4) is 0 Å². The van der Waals surface area contributed by atoms with Gasteiger partial charge >= 0.3 is 0 Å². The van der Waals surface area contributed by atoms with Crippen molar-refractivity contribution in [2.45, 2.75) is 20.3 Å². The van der Waals surface area contributed by atoms with E-state index in [2.05, 4.69) is 36.6 Å². The number of benzene rings is 2. The molecule has 0 aliphatic carbocycles. The molecule has 0 saturated heterocycles. The van der Waals surface area contributed by atoms with Crippen molar-refractivity contribution in [1.29, 1.82) is 0 Å². The standard InChI is InChI=1S/C17H19FN2S/c1-12-4-3-5-13(2)16(12)20-17(21)19-11-10-14-6-8-15(18)9-7-14/h3-9H,10-11H2,1-2H3,(H2,19,20,21). The molecule has 0 atom stereocenters. The van der Waals surface area contributed by atoms with E-state index in [4.69, 9.17) is 12.2 Å². The molecule has 0 aliphatic rings. The Morgan fingerprint density at radius 1 is 1.05 bits per heavy atom. The first kappa shape index (κ1) is 15.4. The van der Waals surface area contributed by atoms with E-state index in [1.807, 2.05) is 6.07 Å². The molecule has 0 saturated carbocycles. The summed E-state index contributed by atoms with van der Waals surface area (Å²) in [5, 5.41) is 7.02. The van der Waals surface area contributed by atoms with Crippen LogP contribution >= 0.6 is 12.2 Å². The van der Waals surface area contributed by atoms with Crippen molar-refractivity contribution >= 4 is 23.0 Å². The maximum absolute atomic E-state index is 12.8. The minimum Gasteiger partial charge on any atom is -0.362 e. The topological polar surface area (TPSA) is 24.1 Å². The highest BCUT2D eigenvalue weighted by atomic mass is 32.1. The molecule has 4 heteroatoms. The highest BCUT2D eigenvalue weighted by Gasteiger charge is 2.04. The van der Waals surface area contributed by atoms with E-state index >= 15 is 0 Å². The van der Waals surface area contributed by atoms with Gasteiger partial charge < -0.3 is 10.6 Å². The Balaban J connectivity index is 1.84. The van der Waals surface area contributed by atoms with Crippen LogP contribution in [0, 0.1) is 19.7 Å². The van der Waals surface area contributed by atoms with Crippen LogP contribution in [0.5, 0.6) is 0 Å². The Morgan fingerprint density at radius 2 is 1.67 bits per heavy atom. The first-order chi connectivity index (χ1) is 10.1. The molecule has 2 rings (SSSR count). The van der Waals surface area contributed by atoms with Crippen LogP contribution in [0.1, 0.15) is 16.7 Å². The summed E-state index contributed by atoms with van der Waals surface area (Å²) in [5.74, 6) is -0.209. The molecule has 2 aromatic rings. The second-order valence-electron chi connectivity index (χ2n) is 5.02. The fourth-order valence-electron chi connectivity index (χ4n) is 2.14. The van der Waals surface area contributed by atoms with Crippen LogP contribution in [0.2, 0.25) is 0 Å². The number of hydrogen-bond acceptors (Lipinski definition) is 1. The molecule has 2 N–H and O–H groups in total. The maximum Gasteiger partial charge on any atom is 0.170 e. The molecule has 2 nitrogen and oxygen atoms in total. The van der Waals surface area contributed by atoms with Crippen molar-refractivity contribution in [3.8, 4) is 0 Å². The summed E-state index contributed by atoms with van der Waals surface area (Å²) >= 11 is 5.31. The number of hydrogen-bond donors (Lipinski definition) is 2. The summed E-state index contributed by atoms with van der Waals surface area (Å²) in [7, 11) is 0. The molecule has 0 amide bonds. The predicted molar refractivity (Wildman–Crippen MR) is 90.2 cm³/mol. The van der Waals surface area contributed by atoms with E-state index in [9.17, 15) is 4.39 Å². The molecule has 2 aromatic carbocycles. The largest absolute Gasteiger partial charge is 0.362 e. The van der Waals surface area contributed by atoms with Crippen LogP contribution < -0.4 is 10.6 Å². The van der Waals surface area contributed by atoms with E-state index in [0.717, 1.165) is 28.8 Å². The van der Waals surface area contributed by atoms with Gasteiger partial charge in [0.05, 0.1) is 0 Å². The summed E-state index contributed by atoms with van der Waals surface area (Å²) in [6.07, 6.45) is 0.800. The molecular weight excluding hydrogens is 283 g/mol. The van der Waals surface area contributed by atoms with E-state index in [0.29, 0.717) is 11.7 Å². The van der Waals surface area contributed by atoms with Crippen LogP contribution in [0.15, 0.2) is 42.5 Å². The van der Waals surface area contributed by atoms with Gasteiger partial charge in [-0.25, -0.2) is 4.39 Å². The fourth-order valence-corrected chi connectivity index (χ4v) is 2.34. The monoisotopic (exact) mass is 302 g/mol. The zero-order valence-electron chi connectivity index (χ0n) is 12.2. The lowest BCUT2D eigenvalue weighted by Crippen LogP contribution is -2.30. The van der Waals surface area contributed by atoms with Gasteiger partial charge in [0.25, 0.3) is 0 Å². The summed E-state index contributed by atoms with van der Waals surface area (Å²) in [4.78, 5) is 0. The van der Waals surface area contributed by atoms with E-state index in [1.165, 1.54) is 12.1 Å². The summed E-state index contributed by atoms with van der Waals surface area (Å²) < 4.78 is 12.8. The third-order valence-electron chi connectivity index (χ3n) is 3.33. The lowest BCUT2D eigenvalue weighted by Gasteiger charge is -2.14. The van der Waals surface area contributed by atoms with Crippen LogP contribution in [-0.4, -0.2) is 11.7 Å².